The number of hydrogen-bond acceptors (Lipinski definition) is 3. The number of aryl methyl sites for hydroxylation is 1. The lowest BCUT2D eigenvalue weighted by Crippen LogP contribution is -2.46. The van der Waals surface area contributed by atoms with E-state index in [0.29, 0.717) is 32.2 Å². The van der Waals surface area contributed by atoms with Crippen LogP contribution in [0.3, 0.4) is 0 Å². The molecular formula is C25H37N3O3. The van der Waals surface area contributed by atoms with Gasteiger partial charge in [0.25, 0.3) is 0 Å². The van der Waals surface area contributed by atoms with Gasteiger partial charge in [-0.3, -0.25) is 9.59 Å². The van der Waals surface area contributed by atoms with Crippen molar-refractivity contribution in [1.29, 1.82) is 0 Å². The molecule has 0 radical (unpaired) electrons. The Bertz CT molecular complexity index is 814. The van der Waals surface area contributed by atoms with Gasteiger partial charge in [0.05, 0.1) is 19.7 Å². The highest BCUT2D eigenvalue weighted by atomic mass is 16.5. The van der Waals surface area contributed by atoms with Crippen LogP contribution in [0.15, 0.2) is 48.7 Å². The molecule has 0 fully saturated rings. The van der Waals surface area contributed by atoms with Crippen LogP contribution in [0.2, 0.25) is 0 Å². The summed E-state index contributed by atoms with van der Waals surface area (Å²) in [5, 5.41) is 0. The highest BCUT2D eigenvalue weighted by molar-refractivity contribution is 5.85. The molecule has 170 valence electrons. The number of aromatic nitrogens is 1. The van der Waals surface area contributed by atoms with Crippen LogP contribution < -0.4 is 0 Å². The van der Waals surface area contributed by atoms with Crippen LogP contribution in [0.4, 0.5) is 0 Å². The lowest BCUT2D eigenvalue weighted by Gasteiger charge is -2.30. The molecule has 0 unspecified atom stereocenters. The van der Waals surface area contributed by atoms with Crippen molar-refractivity contribution in [2.24, 2.45) is 18.9 Å². The Hall–Kier alpha value is -2.60. The number of hydrogen-bond donors (Lipinski definition) is 0. The number of carbonyl (C=O) groups is 2. The Morgan fingerprint density at radius 1 is 0.903 bits per heavy atom. The standard InChI is InChI=1S/C25H37N3O3/c1-20(2)14-27(16-23-12-9-13-26(23)5)24(29)17-28(15-21(3)4)25(30)19-31-18-22-10-7-6-8-11-22/h6-13,20-21H,14-19H2,1-5H3. The zero-order valence-electron chi connectivity index (χ0n) is 19.6. The van der Waals surface area contributed by atoms with E-state index in [1.165, 1.54) is 0 Å². The quantitative estimate of drug-likeness (QED) is 0.519. The van der Waals surface area contributed by atoms with Crippen LogP contribution in [0, 0.1) is 11.8 Å². The monoisotopic (exact) mass is 427 g/mol. The molecule has 0 spiro atoms. The highest BCUT2D eigenvalue weighted by Crippen LogP contribution is 2.10. The van der Waals surface area contributed by atoms with Crippen LogP contribution in [-0.2, 0) is 34.5 Å². The van der Waals surface area contributed by atoms with Crippen molar-refractivity contribution in [2.75, 3.05) is 26.2 Å². The molecule has 2 amide bonds. The van der Waals surface area contributed by atoms with Gasteiger partial charge in [-0.15, -0.1) is 0 Å². The van der Waals surface area contributed by atoms with E-state index < -0.39 is 0 Å². The molecule has 0 aliphatic carbocycles. The average Bonchev–Trinajstić information content (AvgIpc) is 3.11. The van der Waals surface area contributed by atoms with Gasteiger partial charge < -0.3 is 19.1 Å². The first-order chi connectivity index (χ1) is 14.8. The highest BCUT2D eigenvalue weighted by Gasteiger charge is 2.23. The maximum absolute atomic E-state index is 13.2. The van der Waals surface area contributed by atoms with Gasteiger partial charge in [0.1, 0.15) is 6.61 Å². The molecule has 0 saturated carbocycles. The summed E-state index contributed by atoms with van der Waals surface area (Å²) in [7, 11) is 1.98. The minimum Gasteiger partial charge on any atom is -0.367 e. The van der Waals surface area contributed by atoms with E-state index in [1.54, 1.807) is 4.90 Å². The minimum atomic E-state index is -0.152. The topological polar surface area (TPSA) is 54.8 Å². The van der Waals surface area contributed by atoms with Crippen LogP contribution in [0.1, 0.15) is 39.0 Å². The van der Waals surface area contributed by atoms with Crippen molar-refractivity contribution in [1.82, 2.24) is 14.4 Å². The van der Waals surface area contributed by atoms with Gasteiger partial charge in [-0.25, -0.2) is 0 Å². The summed E-state index contributed by atoms with van der Waals surface area (Å²) in [4.78, 5) is 29.5. The van der Waals surface area contributed by atoms with Crippen molar-refractivity contribution in [2.45, 2.75) is 40.8 Å². The van der Waals surface area contributed by atoms with Crippen molar-refractivity contribution in [3.05, 3.63) is 59.9 Å². The first-order valence-corrected chi connectivity index (χ1v) is 11.0. The summed E-state index contributed by atoms with van der Waals surface area (Å²) in [6.45, 7) is 10.4. The molecule has 0 N–H and O–H groups in total. The summed E-state index contributed by atoms with van der Waals surface area (Å²) < 4.78 is 7.66. The molecule has 2 aromatic rings. The lowest BCUT2D eigenvalue weighted by atomic mass is 10.2. The number of nitrogens with zero attached hydrogens (tertiary/aromatic N) is 3. The van der Waals surface area contributed by atoms with Crippen molar-refractivity contribution in [3.63, 3.8) is 0 Å². The Morgan fingerprint density at radius 2 is 1.55 bits per heavy atom. The van der Waals surface area contributed by atoms with Gasteiger partial charge in [0, 0.05) is 32.0 Å². The Morgan fingerprint density at radius 3 is 2.13 bits per heavy atom. The van der Waals surface area contributed by atoms with Crippen LogP contribution >= 0.6 is 0 Å². The zero-order chi connectivity index (χ0) is 22.8. The number of carbonyl (C=O) groups excluding carboxylic acids is 2. The molecule has 0 saturated heterocycles. The summed E-state index contributed by atoms with van der Waals surface area (Å²) >= 11 is 0. The molecule has 2 rings (SSSR count). The SMILES string of the molecule is CC(C)CN(CC(=O)N(Cc1cccn1C)CC(C)C)C(=O)COCc1ccccc1. The Labute approximate surface area is 186 Å². The fraction of sp³-hybridized carbons (Fsp3) is 0.520. The zero-order valence-corrected chi connectivity index (χ0v) is 19.6. The maximum atomic E-state index is 13.2. The summed E-state index contributed by atoms with van der Waals surface area (Å²) in [5.74, 6) is 0.415. The predicted octanol–water partition coefficient (Wildman–Crippen LogP) is 3.71. The number of amides is 2. The third-order valence-electron chi connectivity index (χ3n) is 4.94. The fourth-order valence-corrected chi connectivity index (χ4v) is 3.43. The van der Waals surface area contributed by atoms with Crippen LogP contribution in [0.25, 0.3) is 0 Å². The summed E-state index contributed by atoms with van der Waals surface area (Å²) in [6.07, 6.45) is 1.98. The van der Waals surface area contributed by atoms with E-state index >= 15 is 0 Å². The van der Waals surface area contributed by atoms with Crippen molar-refractivity contribution >= 4 is 11.8 Å². The van der Waals surface area contributed by atoms with Crippen LogP contribution in [-0.4, -0.2) is 52.4 Å². The van der Waals surface area contributed by atoms with Gasteiger partial charge >= 0.3 is 0 Å². The number of rotatable bonds is 12. The molecule has 1 heterocycles. The maximum Gasteiger partial charge on any atom is 0.249 e. The fourth-order valence-electron chi connectivity index (χ4n) is 3.43. The normalized spacial score (nSPS) is 11.2. The van der Waals surface area contributed by atoms with Gasteiger partial charge in [0.15, 0.2) is 0 Å². The molecule has 6 nitrogen and oxygen atoms in total. The molecule has 1 aromatic carbocycles. The molecule has 0 aliphatic heterocycles. The lowest BCUT2D eigenvalue weighted by molar-refractivity contribution is -0.144. The molecule has 6 heteroatoms. The summed E-state index contributed by atoms with van der Waals surface area (Å²) in [6, 6.07) is 13.8. The second kappa shape index (κ2) is 12.3. The van der Waals surface area contributed by atoms with Gasteiger partial charge in [0.2, 0.25) is 11.8 Å². The molecule has 1 aromatic heterocycles. The van der Waals surface area contributed by atoms with Gasteiger partial charge in [-0.2, -0.15) is 0 Å². The van der Waals surface area contributed by atoms with E-state index in [0.717, 1.165) is 11.3 Å². The molecule has 31 heavy (non-hydrogen) atoms. The third-order valence-corrected chi connectivity index (χ3v) is 4.94. The molecule has 0 bridgehead atoms. The van der Waals surface area contributed by atoms with E-state index in [1.807, 2.05) is 79.0 Å². The average molecular weight is 428 g/mol. The Balaban J connectivity index is 2.00. The first kappa shape index (κ1) is 24.7. The number of benzene rings is 1. The van der Waals surface area contributed by atoms with Crippen molar-refractivity contribution in [3.8, 4) is 0 Å². The third kappa shape index (κ3) is 8.58. The van der Waals surface area contributed by atoms with Gasteiger partial charge in [-0.1, -0.05) is 58.0 Å². The van der Waals surface area contributed by atoms with Gasteiger partial charge in [-0.05, 0) is 29.5 Å². The second-order valence-electron chi connectivity index (χ2n) is 8.93. The van der Waals surface area contributed by atoms with E-state index in [-0.39, 0.29) is 30.9 Å². The van der Waals surface area contributed by atoms with E-state index in [9.17, 15) is 9.59 Å². The first-order valence-electron chi connectivity index (χ1n) is 11.0. The minimum absolute atomic E-state index is 0.0309. The summed E-state index contributed by atoms with van der Waals surface area (Å²) in [5.41, 5.74) is 2.09. The largest absolute Gasteiger partial charge is 0.367 e. The second-order valence-corrected chi connectivity index (χ2v) is 8.93. The Kier molecular flexibility index (Phi) is 9.79. The van der Waals surface area contributed by atoms with E-state index in [4.69, 9.17) is 4.74 Å². The van der Waals surface area contributed by atoms with E-state index in [2.05, 4.69) is 13.8 Å². The smallest absolute Gasteiger partial charge is 0.249 e. The van der Waals surface area contributed by atoms with Crippen LogP contribution in [0.5, 0.6) is 0 Å². The number of ether oxygens (including phenoxy) is 1. The molecule has 0 atom stereocenters. The molecule has 0 aliphatic rings. The van der Waals surface area contributed by atoms with Crippen molar-refractivity contribution < 1.29 is 14.3 Å². The molecular weight excluding hydrogens is 390 g/mol. The predicted molar refractivity (Wildman–Crippen MR) is 123 cm³/mol.